The summed E-state index contributed by atoms with van der Waals surface area (Å²) in [5, 5.41) is 0.741. The van der Waals surface area contributed by atoms with Crippen molar-refractivity contribution in [2.24, 2.45) is 0 Å². The van der Waals surface area contributed by atoms with E-state index in [9.17, 15) is 18.8 Å². The van der Waals surface area contributed by atoms with Crippen LogP contribution in [0.3, 0.4) is 0 Å². The van der Waals surface area contributed by atoms with Crippen molar-refractivity contribution in [1.82, 2.24) is 9.47 Å². The van der Waals surface area contributed by atoms with Gasteiger partial charge in [-0.2, -0.15) is 0 Å². The summed E-state index contributed by atoms with van der Waals surface area (Å²) in [6, 6.07) is 14.2. The predicted octanol–water partition coefficient (Wildman–Crippen LogP) is 4.01. The largest absolute Gasteiger partial charge is 0.465 e. The van der Waals surface area contributed by atoms with Gasteiger partial charge in [-0.1, -0.05) is 18.2 Å². The second kappa shape index (κ2) is 8.39. The highest BCUT2D eigenvalue weighted by molar-refractivity contribution is 6.26. The van der Waals surface area contributed by atoms with Gasteiger partial charge in [0.2, 0.25) is 0 Å². The second-order valence-electron chi connectivity index (χ2n) is 8.06. The van der Waals surface area contributed by atoms with Crippen molar-refractivity contribution in [2.45, 2.75) is 6.54 Å². The Labute approximate surface area is 194 Å². The highest BCUT2D eigenvalue weighted by atomic mass is 19.1. The van der Waals surface area contributed by atoms with Gasteiger partial charge in [0.25, 0.3) is 11.8 Å². The van der Waals surface area contributed by atoms with Crippen LogP contribution in [-0.4, -0.2) is 54.6 Å². The van der Waals surface area contributed by atoms with Crippen molar-refractivity contribution in [3.8, 4) is 0 Å². The van der Waals surface area contributed by atoms with E-state index in [2.05, 4.69) is 0 Å². The first-order valence-electron chi connectivity index (χ1n) is 10.7. The lowest BCUT2D eigenvalue weighted by atomic mass is 9.98. The van der Waals surface area contributed by atoms with Crippen molar-refractivity contribution in [1.29, 1.82) is 0 Å². The van der Waals surface area contributed by atoms with E-state index in [0.29, 0.717) is 46.1 Å². The Bertz CT molecular complexity index is 1480. The molecule has 1 aliphatic heterocycles. The fourth-order valence-corrected chi connectivity index (χ4v) is 4.62. The van der Waals surface area contributed by atoms with E-state index in [0.717, 1.165) is 0 Å². The Kier molecular flexibility index (Phi) is 5.37. The van der Waals surface area contributed by atoms with Crippen LogP contribution < -0.4 is 0 Å². The summed E-state index contributed by atoms with van der Waals surface area (Å²) in [6.45, 7) is 0.969. The third-order valence-corrected chi connectivity index (χ3v) is 6.13. The van der Waals surface area contributed by atoms with Crippen molar-refractivity contribution in [3.05, 3.63) is 82.7 Å². The summed E-state index contributed by atoms with van der Waals surface area (Å²) >= 11 is 0. The Morgan fingerprint density at radius 1 is 1.06 bits per heavy atom. The van der Waals surface area contributed by atoms with Crippen LogP contribution >= 0.6 is 0 Å². The van der Waals surface area contributed by atoms with Crippen LogP contribution in [0.4, 0.5) is 4.39 Å². The number of carbonyl (C=O) groups excluding carboxylic acids is 3. The number of benzene rings is 3. The smallest absolute Gasteiger partial charge is 0.340 e. The molecule has 3 aromatic carbocycles. The number of nitrogens with zero attached hydrogens (tertiary/aromatic N) is 2. The lowest BCUT2D eigenvalue weighted by molar-refractivity contribution is 0.0602. The molecule has 1 aromatic heterocycles. The quantitative estimate of drug-likeness (QED) is 0.421. The lowest BCUT2D eigenvalue weighted by Gasteiger charge is -2.14. The standard InChI is InChI=1S/C26H21FN2O5/c1-33-11-10-28-14-16-12-19(26(32)34-2)23-22(21(16)25(28)31)18-13-17(27)8-9-20(18)29(23)24(30)15-6-4-3-5-7-15/h3-9,12-13H,10-11,14H2,1-2H3. The van der Waals surface area contributed by atoms with Gasteiger partial charge in [0.15, 0.2) is 0 Å². The molecule has 1 aliphatic rings. The van der Waals surface area contributed by atoms with E-state index in [1.165, 1.54) is 29.9 Å². The predicted molar refractivity (Wildman–Crippen MR) is 124 cm³/mol. The van der Waals surface area contributed by atoms with Gasteiger partial charge in [0.1, 0.15) is 5.82 Å². The number of halogens is 1. The number of rotatable bonds is 5. The molecule has 5 rings (SSSR count). The Morgan fingerprint density at radius 2 is 1.82 bits per heavy atom. The molecular weight excluding hydrogens is 439 g/mol. The van der Waals surface area contributed by atoms with Crippen LogP contribution in [0.1, 0.15) is 36.6 Å². The van der Waals surface area contributed by atoms with E-state index in [1.807, 2.05) is 0 Å². The molecule has 0 saturated carbocycles. The second-order valence-corrected chi connectivity index (χ2v) is 8.06. The first-order chi connectivity index (χ1) is 16.5. The molecule has 0 radical (unpaired) electrons. The van der Waals surface area contributed by atoms with Gasteiger partial charge in [-0.15, -0.1) is 0 Å². The highest BCUT2D eigenvalue weighted by Crippen LogP contribution is 2.40. The average molecular weight is 460 g/mol. The molecule has 8 heteroatoms. The van der Waals surface area contributed by atoms with E-state index < -0.39 is 17.7 Å². The summed E-state index contributed by atoms with van der Waals surface area (Å²) in [7, 11) is 2.80. The van der Waals surface area contributed by atoms with Gasteiger partial charge >= 0.3 is 5.97 Å². The number of hydrogen-bond acceptors (Lipinski definition) is 5. The molecule has 0 saturated heterocycles. The van der Waals surface area contributed by atoms with Crippen molar-refractivity contribution in [3.63, 3.8) is 0 Å². The topological polar surface area (TPSA) is 77.8 Å². The molecule has 172 valence electrons. The summed E-state index contributed by atoms with van der Waals surface area (Å²) in [4.78, 5) is 41.6. The highest BCUT2D eigenvalue weighted by Gasteiger charge is 2.35. The molecule has 0 bridgehead atoms. The van der Waals surface area contributed by atoms with Gasteiger partial charge in [-0.25, -0.2) is 9.18 Å². The third-order valence-electron chi connectivity index (χ3n) is 6.13. The molecule has 0 atom stereocenters. The van der Waals surface area contributed by atoms with E-state index in [4.69, 9.17) is 9.47 Å². The number of methoxy groups -OCH3 is 2. The maximum Gasteiger partial charge on any atom is 0.340 e. The molecular formula is C26H21FN2O5. The van der Waals surface area contributed by atoms with E-state index in [-0.39, 0.29) is 23.5 Å². The number of ether oxygens (including phenoxy) is 2. The van der Waals surface area contributed by atoms with Crippen molar-refractivity contribution >= 4 is 39.6 Å². The van der Waals surface area contributed by atoms with Crippen LogP contribution in [0, 0.1) is 5.82 Å². The summed E-state index contributed by atoms with van der Waals surface area (Å²) in [6.07, 6.45) is 0. The van der Waals surface area contributed by atoms with E-state index >= 15 is 0 Å². The van der Waals surface area contributed by atoms with Crippen LogP contribution in [0.25, 0.3) is 21.8 Å². The summed E-state index contributed by atoms with van der Waals surface area (Å²) in [5.41, 5.74) is 2.11. The Morgan fingerprint density at radius 3 is 2.53 bits per heavy atom. The molecule has 0 aliphatic carbocycles. The summed E-state index contributed by atoms with van der Waals surface area (Å²) in [5.74, 6) is -1.83. The first kappa shape index (κ1) is 21.8. The van der Waals surface area contributed by atoms with Crippen LogP contribution in [-0.2, 0) is 16.0 Å². The molecule has 0 unspecified atom stereocenters. The molecule has 0 spiro atoms. The number of aromatic nitrogens is 1. The Balaban J connectivity index is 1.90. The fraction of sp³-hybridized carbons (Fsp3) is 0.192. The minimum atomic E-state index is -0.652. The van der Waals surface area contributed by atoms with Crippen molar-refractivity contribution < 1.29 is 28.2 Å². The van der Waals surface area contributed by atoms with Gasteiger partial charge in [-0.05, 0) is 42.0 Å². The van der Waals surface area contributed by atoms with Gasteiger partial charge in [0.05, 0.1) is 35.9 Å². The SMILES string of the molecule is COCCN1Cc2cc(C(=O)OC)c3c(c2C1=O)c1cc(F)ccc1n3C(=O)c1ccccc1. The monoisotopic (exact) mass is 460 g/mol. The molecule has 1 amide bonds. The molecule has 2 heterocycles. The molecule has 34 heavy (non-hydrogen) atoms. The molecule has 0 fully saturated rings. The van der Waals surface area contributed by atoms with Crippen LogP contribution in [0.15, 0.2) is 54.6 Å². The zero-order valence-electron chi connectivity index (χ0n) is 18.6. The zero-order valence-corrected chi connectivity index (χ0v) is 18.6. The number of carbonyl (C=O) groups is 3. The maximum atomic E-state index is 14.4. The fourth-order valence-electron chi connectivity index (χ4n) is 4.62. The minimum Gasteiger partial charge on any atom is -0.465 e. The molecule has 7 nitrogen and oxygen atoms in total. The first-order valence-corrected chi connectivity index (χ1v) is 10.7. The Hall–Kier alpha value is -4.04. The number of amides is 1. The zero-order chi connectivity index (χ0) is 24.0. The van der Waals surface area contributed by atoms with Crippen LogP contribution in [0.5, 0.6) is 0 Å². The van der Waals surface area contributed by atoms with Gasteiger partial charge in [0, 0.05) is 36.5 Å². The number of hydrogen-bond donors (Lipinski definition) is 0. The van der Waals surface area contributed by atoms with Crippen LogP contribution in [0.2, 0.25) is 0 Å². The minimum absolute atomic E-state index is 0.138. The normalized spacial score (nSPS) is 13.0. The summed E-state index contributed by atoms with van der Waals surface area (Å²) < 4.78 is 25.9. The lowest BCUT2D eigenvalue weighted by Crippen LogP contribution is -2.27. The molecule has 0 N–H and O–H groups in total. The third kappa shape index (κ3) is 3.26. The van der Waals surface area contributed by atoms with Crippen molar-refractivity contribution in [2.75, 3.05) is 27.4 Å². The molecule has 4 aromatic rings. The van der Waals surface area contributed by atoms with Gasteiger partial charge in [-0.3, -0.25) is 14.2 Å². The maximum absolute atomic E-state index is 14.4. The van der Waals surface area contributed by atoms with Gasteiger partial charge < -0.3 is 14.4 Å². The average Bonchev–Trinajstić information content (AvgIpc) is 3.35. The number of esters is 1. The van der Waals surface area contributed by atoms with E-state index in [1.54, 1.807) is 48.4 Å². The number of fused-ring (bicyclic) bond motifs is 5.